The molecule has 0 atom stereocenters. The highest BCUT2D eigenvalue weighted by atomic mass is 32.2. The highest BCUT2D eigenvalue weighted by molar-refractivity contribution is 7.98. The molecule has 172 valence electrons. The van der Waals surface area contributed by atoms with E-state index < -0.39 is 6.17 Å². The first-order valence-electron chi connectivity index (χ1n) is 10.5. The summed E-state index contributed by atoms with van der Waals surface area (Å²) < 4.78 is 24.3. The quantitative estimate of drug-likeness (QED) is 0.337. The molecule has 0 amide bonds. The molecular weight excluding hydrogens is 455 g/mol. The molecule has 0 spiro atoms. The Kier molecular flexibility index (Phi) is 7.53. The molecule has 8 nitrogen and oxygen atoms in total. The first-order chi connectivity index (χ1) is 16.6. The smallest absolute Gasteiger partial charge is 0.148 e. The number of benzene rings is 1. The normalized spacial score (nSPS) is 13.1. The molecule has 0 saturated carbocycles. The van der Waals surface area contributed by atoms with Gasteiger partial charge in [-0.3, -0.25) is 0 Å². The molecule has 0 unspecified atom stereocenters. The second kappa shape index (κ2) is 10.9. The predicted octanol–water partition coefficient (Wildman–Crippen LogP) is 3.76. The van der Waals surface area contributed by atoms with E-state index >= 15 is 0 Å². The Morgan fingerprint density at radius 1 is 1.12 bits per heavy atom. The van der Waals surface area contributed by atoms with Crippen LogP contribution in [0.4, 0.5) is 10.2 Å². The maximum atomic E-state index is 13.7. The molecule has 10 heteroatoms. The van der Waals surface area contributed by atoms with Crippen molar-refractivity contribution >= 4 is 17.6 Å². The Bertz CT molecular complexity index is 1220. The van der Waals surface area contributed by atoms with Crippen molar-refractivity contribution in [3.8, 4) is 29.0 Å². The zero-order valence-electron chi connectivity index (χ0n) is 18.4. The van der Waals surface area contributed by atoms with Crippen LogP contribution in [-0.4, -0.2) is 54.5 Å². The summed E-state index contributed by atoms with van der Waals surface area (Å²) in [6, 6.07) is 13.4. The van der Waals surface area contributed by atoms with Crippen molar-refractivity contribution in [2.24, 2.45) is 0 Å². The predicted molar refractivity (Wildman–Crippen MR) is 125 cm³/mol. The number of alkyl halides is 1. The largest absolute Gasteiger partial charge is 0.491 e. The van der Waals surface area contributed by atoms with Gasteiger partial charge in [-0.15, -0.1) is 0 Å². The van der Waals surface area contributed by atoms with Crippen molar-refractivity contribution in [2.75, 3.05) is 38.3 Å². The summed E-state index contributed by atoms with van der Waals surface area (Å²) in [5.74, 6) is 1.50. The lowest BCUT2D eigenvalue weighted by atomic mass is 9.95. The molecule has 0 N–H and O–H groups in total. The molecule has 2 aromatic heterocycles. The fourth-order valence-corrected chi connectivity index (χ4v) is 4.39. The molecule has 0 bridgehead atoms. The Labute approximate surface area is 201 Å². The van der Waals surface area contributed by atoms with Gasteiger partial charge in [0.05, 0.1) is 31.0 Å². The average Bonchev–Trinajstić information content (AvgIpc) is 2.86. The summed E-state index contributed by atoms with van der Waals surface area (Å²) in [6.45, 7) is 1.20. The fraction of sp³-hybridized carbons (Fsp3) is 0.292. The number of ether oxygens (including phenoxy) is 2. The number of nitrogens with zero attached hydrogens (tertiary/aromatic N) is 6. The van der Waals surface area contributed by atoms with Crippen LogP contribution >= 0.6 is 11.8 Å². The fourth-order valence-electron chi connectivity index (χ4n) is 3.49. The van der Waals surface area contributed by atoms with E-state index in [4.69, 9.17) is 9.47 Å². The number of pyridine rings is 1. The Morgan fingerprint density at radius 2 is 1.88 bits per heavy atom. The van der Waals surface area contributed by atoms with Gasteiger partial charge in [0.25, 0.3) is 0 Å². The van der Waals surface area contributed by atoms with Crippen molar-refractivity contribution in [1.82, 2.24) is 15.0 Å². The van der Waals surface area contributed by atoms with E-state index in [2.05, 4.69) is 27.1 Å². The van der Waals surface area contributed by atoms with Crippen LogP contribution in [0.1, 0.15) is 16.8 Å². The number of hydrogen-bond donors (Lipinski definition) is 0. The minimum absolute atomic E-state index is 0.162. The van der Waals surface area contributed by atoms with Gasteiger partial charge in [-0.25, -0.2) is 19.3 Å². The van der Waals surface area contributed by atoms with Crippen molar-refractivity contribution in [1.29, 1.82) is 10.5 Å². The minimum Gasteiger partial charge on any atom is -0.491 e. The second-order valence-electron chi connectivity index (χ2n) is 7.45. The highest BCUT2D eigenvalue weighted by Crippen LogP contribution is 2.40. The first kappa shape index (κ1) is 23.4. The Hall–Kier alpha value is -3.73. The van der Waals surface area contributed by atoms with E-state index in [9.17, 15) is 14.9 Å². The van der Waals surface area contributed by atoms with Crippen LogP contribution in [0.2, 0.25) is 0 Å². The summed E-state index contributed by atoms with van der Waals surface area (Å²) in [4.78, 5) is 14.5. The second-order valence-corrected chi connectivity index (χ2v) is 8.41. The van der Waals surface area contributed by atoms with Gasteiger partial charge < -0.3 is 14.4 Å². The molecule has 0 radical (unpaired) electrons. The number of nitriles is 2. The molecule has 1 aliphatic rings. The summed E-state index contributed by atoms with van der Waals surface area (Å²) in [6.07, 6.45) is 2.14. The lowest BCUT2D eigenvalue weighted by molar-refractivity contribution is 0.146. The van der Waals surface area contributed by atoms with Crippen LogP contribution < -0.4 is 9.64 Å². The highest BCUT2D eigenvalue weighted by Gasteiger charge is 2.32. The molecule has 3 heterocycles. The lowest BCUT2D eigenvalue weighted by Gasteiger charge is -2.36. The van der Waals surface area contributed by atoms with Gasteiger partial charge in [0.15, 0.2) is 0 Å². The van der Waals surface area contributed by atoms with Crippen LogP contribution in [0.15, 0.2) is 47.9 Å². The molecule has 1 saturated heterocycles. The van der Waals surface area contributed by atoms with Gasteiger partial charge >= 0.3 is 0 Å². The number of anilines is 1. The number of rotatable bonds is 9. The summed E-state index contributed by atoms with van der Waals surface area (Å²) in [7, 11) is 1.60. The molecule has 1 aliphatic heterocycles. The molecule has 1 fully saturated rings. The van der Waals surface area contributed by atoms with E-state index in [1.165, 1.54) is 18.1 Å². The summed E-state index contributed by atoms with van der Waals surface area (Å²) >= 11 is 1.34. The van der Waals surface area contributed by atoms with E-state index in [1.807, 2.05) is 0 Å². The third-order valence-electron chi connectivity index (χ3n) is 5.20. The standard InChI is InChI=1S/C24H21FN6O2S/c1-32-8-9-33-19-4-2-16(3-5-19)22-20(10-26)23(31-12-17(25)13-31)30-24(21(22)11-27)34-14-18-6-7-28-15-29-18/h2-7,15,17H,8-9,12-14H2,1H3. The number of thioether (sulfide) groups is 1. The van der Waals surface area contributed by atoms with Gasteiger partial charge in [-0.1, -0.05) is 23.9 Å². The maximum absolute atomic E-state index is 13.7. The van der Waals surface area contributed by atoms with Crippen LogP contribution in [-0.2, 0) is 10.5 Å². The number of aromatic nitrogens is 3. The number of hydrogen-bond acceptors (Lipinski definition) is 9. The van der Waals surface area contributed by atoms with Crippen LogP contribution in [0.5, 0.6) is 5.75 Å². The molecule has 34 heavy (non-hydrogen) atoms. The van der Waals surface area contributed by atoms with Gasteiger partial charge in [0, 0.05) is 24.6 Å². The minimum atomic E-state index is -0.965. The summed E-state index contributed by atoms with van der Waals surface area (Å²) in [5.41, 5.74) is 2.49. The van der Waals surface area contributed by atoms with Crippen LogP contribution in [0, 0.1) is 22.7 Å². The van der Waals surface area contributed by atoms with Crippen LogP contribution in [0.3, 0.4) is 0 Å². The van der Waals surface area contributed by atoms with Gasteiger partial charge in [-0.05, 0) is 23.8 Å². The van der Waals surface area contributed by atoms with Crippen LogP contribution in [0.25, 0.3) is 11.1 Å². The molecule has 0 aliphatic carbocycles. The third-order valence-corrected chi connectivity index (χ3v) is 6.21. The monoisotopic (exact) mass is 476 g/mol. The van der Waals surface area contributed by atoms with Gasteiger partial charge in [0.2, 0.25) is 0 Å². The zero-order valence-corrected chi connectivity index (χ0v) is 19.3. The van der Waals surface area contributed by atoms with E-state index in [0.29, 0.717) is 52.3 Å². The van der Waals surface area contributed by atoms with Gasteiger partial charge in [0.1, 0.15) is 53.4 Å². The van der Waals surface area contributed by atoms with E-state index in [1.54, 1.807) is 48.5 Å². The Balaban J connectivity index is 1.76. The molecule has 4 rings (SSSR count). The zero-order chi connectivity index (χ0) is 23.9. The lowest BCUT2D eigenvalue weighted by Crippen LogP contribution is -2.49. The van der Waals surface area contributed by atoms with Crippen molar-refractivity contribution in [3.05, 3.63) is 59.7 Å². The molecule has 1 aromatic carbocycles. The van der Waals surface area contributed by atoms with Gasteiger partial charge in [-0.2, -0.15) is 10.5 Å². The topological polar surface area (TPSA) is 108 Å². The number of halogens is 1. The average molecular weight is 477 g/mol. The van der Waals surface area contributed by atoms with Crippen molar-refractivity contribution < 1.29 is 13.9 Å². The van der Waals surface area contributed by atoms with Crippen molar-refractivity contribution in [3.63, 3.8) is 0 Å². The maximum Gasteiger partial charge on any atom is 0.148 e. The molecular formula is C24H21FN6O2S. The number of methoxy groups -OCH3 is 1. The van der Waals surface area contributed by atoms with E-state index in [-0.39, 0.29) is 18.7 Å². The Morgan fingerprint density at radius 3 is 2.50 bits per heavy atom. The molecule has 3 aromatic rings. The third kappa shape index (κ3) is 5.09. The van der Waals surface area contributed by atoms with Crippen molar-refractivity contribution in [2.45, 2.75) is 17.0 Å². The summed E-state index contributed by atoms with van der Waals surface area (Å²) in [5, 5.41) is 20.6. The first-order valence-corrected chi connectivity index (χ1v) is 11.5. The van der Waals surface area contributed by atoms with E-state index in [0.717, 1.165) is 5.69 Å². The SMILES string of the molecule is COCCOc1ccc(-c2c(C#N)c(SCc3ccncn3)nc(N3CC(F)C3)c2C#N)cc1.